The normalized spacial score (nSPS) is 13.3. The summed E-state index contributed by atoms with van der Waals surface area (Å²) in [5.74, 6) is 0.765. The van der Waals surface area contributed by atoms with Gasteiger partial charge in [0.15, 0.2) is 5.82 Å². The number of hydrogen-bond acceptors (Lipinski definition) is 4. The summed E-state index contributed by atoms with van der Waals surface area (Å²) < 4.78 is 4.63. The molecule has 6 aromatic carbocycles. The molecule has 0 spiro atoms. The molecule has 0 N–H and O–H groups in total. The molecule has 0 saturated heterocycles. The summed E-state index contributed by atoms with van der Waals surface area (Å²) in [6.45, 7) is 0. The number of fused-ring (bicyclic) bond motifs is 2. The number of rotatable bonds is 5. The number of nitrogens with zero attached hydrogens (tertiary/aromatic N) is 3. The minimum absolute atomic E-state index is 0.466. The fraction of sp³-hybridized carbons (Fsp3) is 0.0256. The second-order valence-electron chi connectivity index (χ2n) is 10.7. The van der Waals surface area contributed by atoms with Crippen LogP contribution in [0.3, 0.4) is 0 Å². The van der Waals surface area contributed by atoms with Crippen LogP contribution in [0.25, 0.3) is 22.0 Å². The zero-order valence-corrected chi connectivity index (χ0v) is 24.2. The summed E-state index contributed by atoms with van der Waals surface area (Å²) in [4.78, 5) is 7.24. The van der Waals surface area contributed by atoms with Gasteiger partial charge in [0.25, 0.3) is 0 Å². The van der Waals surface area contributed by atoms with Crippen LogP contribution >= 0.6 is 11.5 Å². The molecule has 0 saturated carbocycles. The van der Waals surface area contributed by atoms with E-state index in [9.17, 15) is 0 Å². The Balaban J connectivity index is 1.29. The van der Waals surface area contributed by atoms with E-state index in [1.807, 2.05) is 30.3 Å². The lowest BCUT2D eigenvalue weighted by Gasteiger charge is -2.46. The van der Waals surface area contributed by atoms with Gasteiger partial charge in [-0.1, -0.05) is 127 Å². The van der Waals surface area contributed by atoms with Crippen molar-refractivity contribution in [3.63, 3.8) is 0 Å². The molecule has 0 atom stereocenters. The van der Waals surface area contributed by atoms with Crippen LogP contribution in [0, 0.1) is 0 Å². The molecule has 2 heterocycles. The van der Waals surface area contributed by atoms with Crippen molar-refractivity contribution in [2.45, 2.75) is 5.41 Å². The molecule has 43 heavy (non-hydrogen) atoms. The van der Waals surface area contributed by atoms with E-state index < -0.39 is 5.41 Å². The predicted octanol–water partition coefficient (Wildman–Crippen LogP) is 10.0. The van der Waals surface area contributed by atoms with Crippen molar-refractivity contribution in [2.24, 2.45) is 0 Å². The fourth-order valence-corrected chi connectivity index (χ4v) is 7.18. The first-order chi connectivity index (χ1) is 21.3. The summed E-state index contributed by atoms with van der Waals surface area (Å²) in [6, 6.07) is 58.3. The monoisotopic (exact) mass is 569 g/mol. The Labute approximate surface area is 255 Å². The van der Waals surface area contributed by atoms with Gasteiger partial charge in [-0.2, -0.15) is 4.37 Å². The average molecular weight is 570 g/mol. The highest BCUT2D eigenvalue weighted by Crippen LogP contribution is 2.57. The Morgan fingerprint density at radius 2 is 0.953 bits per heavy atom. The minimum atomic E-state index is -0.466. The van der Waals surface area contributed by atoms with Crippen molar-refractivity contribution in [1.82, 2.24) is 9.36 Å². The summed E-state index contributed by atoms with van der Waals surface area (Å²) in [7, 11) is 0. The molecule has 7 aromatic rings. The smallest absolute Gasteiger partial charge is 0.173 e. The summed E-state index contributed by atoms with van der Waals surface area (Å²) in [6.07, 6.45) is 0. The van der Waals surface area contributed by atoms with Crippen molar-refractivity contribution in [1.29, 1.82) is 0 Å². The van der Waals surface area contributed by atoms with Crippen molar-refractivity contribution in [3.8, 4) is 22.0 Å². The zero-order valence-electron chi connectivity index (χ0n) is 23.3. The molecule has 0 fully saturated rings. The number of hydrogen-bond donors (Lipinski definition) is 0. The van der Waals surface area contributed by atoms with E-state index in [4.69, 9.17) is 4.98 Å². The highest BCUT2D eigenvalue weighted by molar-refractivity contribution is 7.09. The standard InChI is InChI=1S/C39H27N3S/c1-4-14-28(15-5-1)37-40-38(43-41-37)29-24-26-32(27-25-29)42-35-22-12-10-20-33(35)39(30-16-6-2-7-17-30,31-18-8-3-9-19-31)34-21-11-13-23-36(34)42/h1-27H. The largest absolute Gasteiger partial charge is 0.310 e. The van der Waals surface area contributed by atoms with E-state index >= 15 is 0 Å². The van der Waals surface area contributed by atoms with Gasteiger partial charge in [-0.05, 0) is 70.2 Å². The molecule has 0 unspecified atom stereocenters. The molecule has 1 aromatic heterocycles. The Hall–Kier alpha value is -5.32. The van der Waals surface area contributed by atoms with Gasteiger partial charge in [-0.25, -0.2) is 4.98 Å². The number of anilines is 3. The fourth-order valence-electron chi connectivity index (χ4n) is 6.49. The van der Waals surface area contributed by atoms with Crippen LogP contribution in [0.1, 0.15) is 22.3 Å². The Bertz CT molecular complexity index is 1930. The lowest BCUT2D eigenvalue weighted by molar-refractivity contribution is 0.731. The van der Waals surface area contributed by atoms with Crippen LogP contribution in [0.2, 0.25) is 0 Å². The summed E-state index contributed by atoms with van der Waals surface area (Å²) >= 11 is 1.44. The highest BCUT2D eigenvalue weighted by atomic mass is 32.1. The molecule has 0 radical (unpaired) electrons. The maximum absolute atomic E-state index is 4.84. The lowest BCUT2D eigenvalue weighted by Crippen LogP contribution is -2.37. The molecule has 0 bridgehead atoms. The number of para-hydroxylation sites is 2. The van der Waals surface area contributed by atoms with Gasteiger partial charge in [-0.15, -0.1) is 0 Å². The first kappa shape index (κ1) is 25.4. The number of benzene rings is 6. The predicted molar refractivity (Wildman–Crippen MR) is 177 cm³/mol. The van der Waals surface area contributed by atoms with Crippen molar-refractivity contribution >= 4 is 28.6 Å². The zero-order chi connectivity index (χ0) is 28.6. The van der Waals surface area contributed by atoms with Crippen molar-refractivity contribution in [2.75, 3.05) is 4.90 Å². The Morgan fingerprint density at radius 1 is 0.465 bits per heavy atom. The Morgan fingerprint density at radius 3 is 1.51 bits per heavy atom. The lowest BCUT2D eigenvalue weighted by atomic mass is 9.62. The molecule has 0 aliphatic carbocycles. The quantitative estimate of drug-likeness (QED) is 0.206. The molecule has 8 rings (SSSR count). The second kappa shape index (κ2) is 10.5. The third kappa shape index (κ3) is 4.10. The van der Waals surface area contributed by atoms with Crippen LogP contribution < -0.4 is 4.90 Å². The third-order valence-corrected chi connectivity index (χ3v) is 9.11. The molecule has 1 aliphatic heterocycles. The summed E-state index contributed by atoms with van der Waals surface area (Å²) in [5.41, 5.74) is 10.1. The van der Waals surface area contributed by atoms with Crippen LogP contribution in [0.5, 0.6) is 0 Å². The van der Waals surface area contributed by atoms with E-state index in [0.717, 1.165) is 27.6 Å². The minimum Gasteiger partial charge on any atom is -0.310 e. The topological polar surface area (TPSA) is 29.0 Å². The van der Waals surface area contributed by atoms with Crippen LogP contribution in [0.15, 0.2) is 164 Å². The molecule has 1 aliphatic rings. The second-order valence-corrected chi connectivity index (χ2v) is 11.4. The van der Waals surface area contributed by atoms with E-state index in [-0.39, 0.29) is 0 Å². The number of aromatic nitrogens is 2. The van der Waals surface area contributed by atoms with Gasteiger partial charge < -0.3 is 4.90 Å². The van der Waals surface area contributed by atoms with Crippen molar-refractivity contribution < 1.29 is 0 Å². The highest BCUT2D eigenvalue weighted by Gasteiger charge is 2.46. The van der Waals surface area contributed by atoms with Crippen LogP contribution in [0.4, 0.5) is 17.1 Å². The third-order valence-electron chi connectivity index (χ3n) is 8.34. The Kier molecular flexibility index (Phi) is 6.20. The molecule has 3 nitrogen and oxygen atoms in total. The average Bonchev–Trinajstić information content (AvgIpc) is 3.59. The molecule has 4 heteroatoms. The van der Waals surface area contributed by atoms with E-state index in [1.165, 1.54) is 45.2 Å². The van der Waals surface area contributed by atoms with Gasteiger partial charge in [0.1, 0.15) is 5.01 Å². The first-order valence-electron chi connectivity index (χ1n) is 14.4. The van der Waals surface area contributed by atoms with Gasteiger partial charge >= 0.3 is 0 Å². The molecular formula is C39H27N3S. The van der Waals surface area contributed by atoms with Gasteiger partial charge in [0, 0.05) is 16.8 Å². The molecule has 0 amide bonds. The van der Waals surface area contributed by atoms with Gasteiger partial charge in [0.05, 0.1) is 16.8 Å². The first-order valence-corrected chi connectivity index (χ1v) is 15.2. The maximum atomic E-state index is 4.84. The van der Waals surface area contributed by atoms with Gasteiger partial charge in [-0.3, -0.25) is 0 Å². The molecular weight excluding hydrogens is 543 g/mol. The molecule has 204 valence electrons. The van der Waals surface area contributed by atoms with E-state index in [2.05, 4.69) is 143 Å². The maximum Gasteiger partial charge on any atom is 0.173 e. The van der Waals surface area contributed by atoms with E-state index in [1.54, 1.807) is 0 Å². The van der Waals surface area contributed by atoms with E-state index in [0.29, 0.717) is 0 Å². The van der Waals surface area contributed by atoms with Crippen LogP contribution in [-0.2, 0) is 5.41 Å². The van der Waals surface area contributed by atoms with Gasteiger partial charge in [0.2, 0.25) is 0 Å². The summed E-state index contributed by atoms with van der Waals surface area (Å²) in [5, 5.41) is 0.914. The van der Waals surface area contributed by atoms with Crippen molar-refractivity contribution in [3.05, 3.63) is 186 Å². The SMILES string of the molecule is c1ccc(-c2nsc(-c3ccc(N4c5ccccc5C(c5ccccc5)(c5ccccc5)c5ccccc54)cc3)n2)cc1. The van der Waals surface area contributed by atoms with Crippen LogP contribution in [-0.4, -0.2) is 9.36 Å².